The lowest BCUT2D eigenvalue weighted by molar-refractivity contribution is -0.134. The standard InChI is InChI=1S/C23H22Cl2N4O2S/c1-2-10-29-21(18-9-8-17(24)15-19(18)25)26-27-23(29)32-20(16-6-4-3-5-7-16)22(30)28-11-13-31-14-12-28/h2-9,15,20H,1,10-14H2/t20-/m0/s1. The fraction of sp³-hybridized carbons (Fsp3) is 0.261. The summed E-state index contributed by atoms with van der Waals surface area (Å²) in [6.45, 7) is 6.58. The number of carbonyl (C=O) groups is 1. The van der Waals surface area contributed by atoms with E-state index < -0.39 is 5.25 Å². The van der Waals surface area contributed by atoms with Crippen LogP contribution in [0.2, 0.25) is 10.0 Å². The molecule has 6 nitrogen and oxygen atoms in total. The Kier molecular flexibility index (Phi) is 7.52. The number of thioether (sulfide) groups is 1. The number of amides is 1. The summed E-state index contributed by atoms with van der Waals surface area (Å²) in [4.78, 5) is 15.3. The van der Waals surface area contributed by atoms with E-state index in [0.717, 1.165) is 5.56 Å². The van der Waals surface area contributed by atoms with E-state index >= 15 is 0 Å². The minimum Gasteiger partial charge on any atom is -0.378 e. The van der Waals surface area contributed by atoms with Gasteiger partial charge < -0.3 is 9.64 Å². The van der Waals surface area contributed by atoms with Crippen molar-refractivity contribution in [3.05, 3.63) is 76.8 Å². The first kappa shape index (κ1) is 22.9. The number of benzene rings is 2. The summed E-state index contributed by atoms with van der Waals surface area (Å²) < 4.78 is 7.33. The quantitative estimate of drug-likeness (QED) is 0.340. The zero-order chi connectivity index (χ0) is 22.5. The van der Waals surface area contributed by atoms with Crippen LogP contribution in [0.15, 0.2) is 66.3 Å². The van der Waals surface area contributed by atoms with Gasteiger partial charge in [-0.15, -0.1) is 16.8 Å². The van der Waals surface area contributed by atoms with E-state index in [2.05, 4.69) is 16.8 Å². The maximum Gasteiger partial charge on any atom is 0.240 e. The lowest BCUT2D eigenvalue weighted by atomic mass is 10.1. The molecule has 166 valence electrons. The average molecular weight is 489 g/mol. The molecule has 4 rings (SSSR count). The molecule has 1 amide bonds. The summed E-state index contributed by atoms with van der Waals surface area (Å²) in [6.07, 6.45) is 1.77. The van der Waals surface area contributed by atoms with Crippen LogP contribution in [0.5, 0.6) is 0 Å². The summed E-state index contributed by atoms with van der Waals surface area (Å²) in [5, 5.41) is 9.97. The lowest BCUT2D eigenvalue weighted by Crippen LogP contribution is -2.42. The number of hydrogen-bond acceptors (Lipinski definition) is 5. The molecule has 9 heteroatoms. The molecule has 1 aliphatic rings. The van der Waals surface area contributed by atoms with Gasteiger partial charge in [0.2, 0.25) is 5.91 Å². The molecule has 0 aliphatic carbocycles. The van der Waals surface area contributed by atoms with Gasteiger partial charge in [-0.25, -0.2) is 0 Å². The van der Waals surface area contributed by atoms with Crippen molar-refractivity contribution in [2.75, 3.05) is 26.3 Å². The fourth-order valence-electron chi connectivity index (χ4n) is 3.48. The Morgan fingerprint density at radius 1 is 1.16 bits per heavy atom. The zero-order valence-corrected chi connectivity index (χ0v) is 19.6. The van der Waals surface area contributed by atoms with Crippen LogP contribution < -0.4 is 0 Å². The maximum atomic E-state index is 13.5. The number of carbonyl (C=O) groups excluding carboxylic acids is 1. The third kappa shape index (κ3) is 5.02. The first-order valence-corrected chi connectivity index (χ1v) is 11.8. The first-order valence-electron chi connectivity index (χ1n) is 10.2. The van der Waals surface area contributed by atoms with Crippen LogP contribution >= 0.6 is 35.0 Å². The van der Waals surface area contributed by atoms with E-state index in [4.69, 9.17) is 27.9 Å². The van der Waals surface area contributed by atoms with Crippen LogP contribution in [0.1, 0.15) is 10.8 Å². The van der Waals surface area contributed by atoms with E-state index in [0.29, 0.717) is 59.4 Å². The number of nitrogens with zero attached hydrogens (tertiary/aromatic N) is 4. The van der Waals surface area contributed by atoms with Crippen LogP contribution in [-0.4, -0.2) is 51.9 Å². The minimum atomic E-state index is -0.462. The molecule has 32 heavy (non-hydrogen) atoms. The van der Waals surface area contributed by atoms with E-state index in [-0.39, 0.29) is 5.91 Å². The van der Waals surface area contributed by atoms with Gasteiger partial charge in [-0.1, -0.05) is 71.4 Å². The third-order valence-corrected chi connectivity index (χ3v) is 6.84. The average Bonchev–Trinajstić information content (AvgIpc) is 3.20. The molecular weight excluding hydrogens is 467 g/mol. The molecule has 1 aliphatic heterocycles. The molecule has 1 fully saturated rings. The van der Waals surface area contributed by atoms with E-state index in [1.54, 1.807) is 18.2 Å². The van der Waals surface area contributed by atoms with Crippen molar-refractivity contribution in [2.24, 2.45) is 0 Å². The Bertz CT molecular complexity index is 1100. The lowest BCUT2D eigenvalue weighted by Gasteiger charge is -2.30. The molecule has 1 saturated heterocycles. The highest BCUT2D eigenvalue weighted by molar-refractivity contribution is 8.00. The summed E-state index contributed by atoms with van der Waals surface area (Å²) in [7, 11) is 0. The van der Waals surface area contributed by atoms with Gasteiger partial charge >= 0.3 is 0 Å². The largest absolute Gasteiger partial charge is 0.378 e. The normalized spacial score (nSPS) is 14.9. The fourth-order valence-corrected chi connectivity index (χ4v) is 5.11. The van der Waals surface area contributed by atoms with Crippen molar-refractivity contribution in [2.45, 2.75) is 17.0 Å². The number of ether oxygens (including phenoxy) is 1. The molecule has 2 heterocycles. The van der Waals surface area contributed by atoms with Crippen LogP contribution in [0.3, 0.4) is 0 Å². The van der Waals surface area contributed by atoms with Crippen molar-refractivity contribution in [1.82, 2.24) is 19.7 Å². The predicted molar refractivity (Wildman–Crippen MR) is 128 cm³/mol. The number of morpholine rings is 1. The van der Waals surface area contributed by atoms with Crippen molar-refractivity contribution < 1.29 is 9.53 Å². The van der Waals surface area contributed by atoms with Gasteiger partial charge in [0, 0.05) is 30.2 Å². The summed E-state index contributed by atoms with van der Waals surface area (Å²) in [5.74, 6) is 0.628. The van der Waals surface area contributed by atoms with Crippen LogP contribution in [0.25, 0.3) is 11.4 Å². The van der Waals surface area contributed by atoms with Gasteiger partial charge in [0.05, 0.1) is 18.2 Å². The number of rotatable bonds is 7. The van der Waals surface area contributed by atoms with Gasteiger partial charge in [0.25, 0.3) is 0 Å². The zero-order valence-electron chi connectivity index (χ0n) is 17.3. The molecule has 0 unspecified atom stereocenters. The van der Waals surface area contributed by atoms with Crippen molar-refractivity contribution in [1.29, 1.82) is 0 Å². The highest BCUT2D eigenvalue weighted by Gasteiger charge is 2.30. The van der Waals surface area contributed by atoms with Crippen LogP contribution in [0, 0.1) is 0 Å². The molecule has 1 atom stereocenters. The van der Waals surface area contributed by atoms with Crippen molar-refractivity contribution in [3.63, 3.8) is 0 Å². The Balaban J connectivity index is 1.71. The van der Waals surface area contributed by atoms with Crippen LogP contribution in [0.4, 0.5) is 0 Å². The summed E-state index contributed by atoms with van der Waals surface area (Å²) >= 11 is 13.9. The topological polar surface area (TPSA) is 60.2 Å². The van der Waals surface area contributed by atoms with Gasteiger partial charge in [-0.3, -0.25) is 9.36 Å². The molecule has 0 N–H and O–H groups in total. The summed E-state index contributed by atoms with van der Waals surface area (Å²) in [5.41, 5.74) is 1.63. The van der Waals surface area contributed by atoms with Gasteiger partial charge in [0.15, 0.2) is 11.0 Å². The predicted octanol–water partition coefficient (Wildman–Crippen LogP) is 5.13. The molecule has 0 radical (unpaired) electrons. The van der Waals surface area contributed by atoms with Gasteiger partial charge in [-0.2, -0.15) is 0 Å². The second-order valence-corrected chi connectivity index (χ2v) is 9.09. The number of hydrogen-bond donors (Lipinski definition) is 0. The Morgan fingerprint density at radius 3 is 2.59 bits per heavy atom. The highest BCUT2D eigenvalue weighted by atomic mass is 35.5. The number of aromatic nitrogens is 3. The molecule has 0 bridgehead atoms. The Morgan fingerprint density at radius 2 is 1.91 bits per heavy atom. The first-order chi connectivity index (χ1) is 15.6. The highest BCUT2D eigenvalue weighted by Crippen LogP contribution is 2.38. The smallest absolute Gasteiger partial charge is 0.240 e. The molecule has 1 aromatic heterocycles. The van der Waals surface area contributed by atoms with Gasteiger partial charge in [-0.05, 0) is 23.8 Å². The number of allylic oxidation sites excluding steroid dienone is 1. The van der Waals surface area contributed by atoms with Crippen molar-refractivity contribution in [3.8, 4) is 11.4 Å². The summed E-state index contributed by atoms with van der Waals surface area (Å²) in [6, 6.07) is 15.0. The van der Waals surface area contributed by atoms with E-state index in [1.807, 2.05) is 45.9 Å². The molecule has 0 saturated carbocycles. The molecule has 2 aromatic carbocycles. The SMILES string of the molecule is C=CCn1c(S[C@H](C(=O)N2CCOCC2)c2ccccc2)nnc1-c1ccc(Cl)cc1Cl. The monoisotopic (exact) mass is 488 g/mol. The Hall–Kier alpha value is -2.32. The van der Waals surface area contributed by atoms with E-state index in [1.165, 1.54) is 11.8 Å². The van der Waals surface area contributed by atoms with Gasteiger partial charge in [0.1, 0.15) is 5.25 Å². The van der Waals surface area contributed by atoms with Crippen LogP contribution in [-0.2, 0) is 16.1 Å². The molecule has 0 spiro atoms. The van der Waals surface area contributed by atoms with Crippen molar-refractivity contribution >= 4 is 40.9 Å². The third-order valence-electron chi connectivity index (χ3n) is 5.07. The second-order valence-electron chi connectivity index (χ2n) is 7.18. The number of halogens is 2. The molecule has 3 aromatic rings. The minimum absolute atomic E-state index is 0.0312. The van der Waals surface area contributed by atoms with E-state index in [9.17, 15) is 4.79 Å². The Labute approximate surface area is 201 Å². The second kappa shape index (κ2) is 10.5. The molecular formula is C23H22Cl2N4O2S. The maximum absolute atomic E-state index is 13.5.